The van der Waals surface area contributed by atoms with E-state index in [2.05, 4.69) is 30.7 Å². The third kappa shape index (κ3) is 13.0. The lowest BCUT2D eigenvalue weighted by Gasteiger charge is -1.82. The van der Waals surface area contributed by atoms with Gasteiger partial charge < -0.3 is 0 Å². The maximum atomic E-state index is 4.64. The lowest BCUT2D eigenvalue weighted by Crippen LogP contribution is -1.62. The number of hydrogen-bond donors (Lipinski definition) is 0. The molecule has 0 aliphatic carbocycles. The van der Waals surface area contributed by atoms with Crippen LogP contribution in [0.15, 0.2) is 30.3 Å². The Morgan fingerprint density at radius 1 is 0.833 bits per heavy atom. The van der Waals surface area contributed by atoms with Gasteiger partial charge in [0, 0.05) is 6.38 Å². The summed E-state index contributed by atoms with van der Waals surface area (Å²) in [6.45, 7) is 2.08. The summed E-state index contributed by atoms with van der Waals surface area (Å²) in [6.07, 6.45) is 1.47. The molecule has 0 bridgehead atoms. The van der Waals surface area contributed by atoms with E-state index < -0.39 is 0 Å². The van der Waals surface area contributed by atoms with Gasteiger partial charge in [0.05, 0.1) is 0 Å². The molecule has 0 heterocycles. The molecule has 0 radical (unpaired) electrons. The lowest BCUT2D eigenvalue weighted by molar-refractivity contribution is 1.48. The molecule has 0 aliphatic heterocycles. The van der Waals surface area contributed by atoms with Gasteiger partial charge in [0.2, 0.25) is 0 Å². The van der Waals surface area contributed by atoms with Gasteiger partial charge in [0.15, 0.2) is 0 Å². The molecule has 0 aliphatic rings. The van der Waals surface area contributed by atoms with E-state index in [9.17, 15) is 0 Å². The maximum absolute atomic E-state index is 4.64. The summed E-state index contributed by atoms with van der Waals surface area (Å²) in [5.74, 6) is 0. The molecule has 0 saturated heterocycles. The highest BCUT2D eigenvalue weighted by atomic mass is 35.5. The first-order valence-electron chi connectivity index (χ1n) is 2.79. The van der Waals surface area contributed by atoms with Crippen LogP contribution in [0.25, 0.3) is 0 Å². The zero-order chi connectivity index (χ0) is 7.11. The summed E-state index contributed by atoms with van der Waals surface area (Å²) in [7, 11) is 0. The van der Waals surface area contributed by atoms with E-state index in [4.69, 9.17) is 0 Å². The molecular weight excluding hydrogens is 238 g/mol. The highest BCUT2D eigenvalue weighted by Gasteiger charge is 1.72. The van der Waals surface area contributed by atoms with Crippen molar-refractivity contribution in [2.75, 3.05) is 6.38 Å². The molecular formula is C8H14Cl4. The fraction of sp³-hybridized carbons (Fsp3) is 0.250. The first-order chi connectivity index (χ1) is 4.39. The number of rotatable bonds is 0. The van der Waals surface area contributed by atoms with Crippen molar-refractivity contribution in [1.29, 1.82) is 0 Å². The summed E-state index contributed by atoms with van der Waals surface area (Å²) in [5, 5.41) is 0. The van der Waals surface area contributed by atoms with E-state index in [1.807, 2.05) is 18.2 Å². The molecule has 0 saturated carbocycles. The molecule has 0 fully saturated rings. The molecule has 0 nitrogen and oxygen atoms in total. The van der Waals surface area contributed by atoms with Crippen molar-refractivity contribution >= 4 is 48.8 Å². The third-order valence-electron chi connectivity index (χ3n) is 0.940. The van der Waals surface area contributed by atoms with Crippen LogP contribution in [0.4, 0.5) is 0 Å². The largest absolute Gasteiger partial charge is 0.147 e. The van der Waals surface area contributed by atoms with Gasteiger partial charge >= 0.3 is 0 Å². The minimum Gasteiger partial charge on any atom is -0.147 e. The highest BCUT2D eigenvalue weighted by Crippen LogP contribution is 1.92. The molecule has 1 rings (SSSR count). The average molecular weight is 252 g/mol. The zero-order valence-corrected chi connectivity index (χ0v) is 10.2. The summed E-state index contributed by atoms with van der Waals surface area (Å²) in [6, 6.07) is 10.3. The molecule has 0 N–H and O–H groups in total. The molecule has 1 aromatic carbocycles. The first-order valence-corrected chi connectivity index (χ1v) is 3.54. The SMILES string of the molecule is CCl.Cc1ccccc1.Cl.Cl.Cl. The average Bonchev–Trinajstić information content (AvgIpc) is 1.94. The Hall–Kier alpha value is 0.380. The fourth-order valence-electron chi connectivity index (χ4n) is 0.534. The second kappa shape index (κ2) is 17.5. The van der Waals surface area contributed by atoms with E-state index >= 15 is 0 Å². The smallest absolute Gasteiger partial charge is 0.0108 e. The normalized spacial score (nSPS) is 5.58. The molecule has 4 heteroatoms. The predicted octanol–water partition coefficient (Wildman–Crippen LogP) is 4.12. The summed E-state index contributed by atoms with van der Waals surface area (Å²) < 4.78 is 0. The molecule has 0 atom stereocenters. The molecule has 0 amide bonds. The minimum absolute atomic E-state index is 0. The van der Waals surface area contributed by atoms with Gasteiger partial charge in [0.25, 0.3) is 0 Å². The van der Waals surface area contributed by atoms with Crippen LogP contribution in [0.1, 0.15) is 5.56 Å². The van der Waals surface area contributed by atoms with Crippen molar-refractivity contribution < 1.29 is 0 Å². The second-order valence-electron chi connectivity index (χ2n) is 1.65. The Bertz CT molecular complexity index is 141. The maximum Gasteiger partial charge on any atom is 0.0108 e. The topological polar surface area (TPSA) is 0 Å². The summed E-state index contributed by atoms with van der Waals surface area (Å²) in [4.78, 5) is 0. The van der Waals surface area contributed by atoms with E-state index in [1.165, 1.54) is 11.9 Å². The van der Waals surface area contributed by atoms with Gasteiger partial charge in [-0.2, -0.15) is 0 Å². The Labute approximate surface area is 97.9 Å². The van der Waals surface area contributed by atoms with Gasteiger partial charge in [-0.3, -0.25) is 0 Å². The predicted molar refractivity (Wildman–Crippen MR) is 64.7 cm³/mol. The lowest BCUT2D eigenvalue weighted by atomic mass is 10.2. The van der Waals surface area contributed by atoms with Gasteiger partial charge in [-0.15, -0.1) is 48.8 Å². The van der Waals surface area contributed by atoms with Gasteiger partial charge in [-0.1, -0.05) is 35.9 Å². The Morgan fingerprint density at radius 2 is 1.17 bits per heavy atom. The highest BCUT2D eigenvalue weighted by molar-refractivity contribution is 6.15. The van der Waals surface area contributed by atoms with Crippen LogP contribution in [0.2, 0.25) is 0 Å². The number of hydrogen-bond acceptors (Lipinski definition) is 0. The monoisotopic (exact) mass is 250 g/mol. The quantitative estimate of drug-likeness (QED) is 0.609. The second-order valence-corrected chi connectivity index (χ2v) is 1.65. The Kier molecular flexibility index (Phi) is 33.2. The van der Waals surface area contributed by atoms with Gasteiger partial charge in [-0.05, 0) is 6.92 Å². The molecule has 0 aromatic heterocycles. The molecule has 74 valence electrons. The summed E-state index contributed by atoms with van der Waals surface area (Å²) >= 11 is 4.64. The van der Waals surface area contributed by atoms with Crippen molar-refractivity contribution in [2.24, 2.45) is 0 Å². The van der Waals surface area contributed by atoms with Crippen molar-refractivity contribution in [3.63, 3.8) is 0 Å². The van der Waals surface area contributed by atoms with Gasteiger partial charge in [-0.25, -0.2) is 0 Å². The van der Waals surface area contributed by atoms with Crippen LogP contribution in [-0.4, -0.2) is 6.38 Å². The Morgan fingerprint density at radius 3 is 1.33 bits per heavy atom. The van der Waals surface area contributed by atoms with Crippen LogP contribution in [0, 0.1) is 6.92 Å². The fourth-order valence-corrected chi connectivity index (χ4v) is 0.534. The van der Waals surface area contributed by atoms with Crippen molar-refractivity contribution in [2.45, 2.75) is 6.92 Å². The van der Waals surface area contributed by atoms with Crippen LogP contribution >= 0.6 is 48.8 Å². The summed E-state index contributed by atoms with van der Waals surface area (Å²) in [5.41, 5.74) is 1.32. The van der Waals surface area contributed by atoms with Crippen molar-refractivity contribution in [1.82, 2.24) is 0 Å². The third-order valence-corrected chi connectivity index (χ3v) is 0.940. The standard InChI is InChI=1S/C7H8.CH3Cl.3ClH/c1-7-5-3-2-4-6-7;1-2;;;/h2-6H,1H3;1H3;3*1H. The van der Waals surface area contributed by atoms with Crippen LogP contribution < -0.4 is 0 Å². The number of benzene rings is 1. The van der Waals surface area contributed by atoms with Crippen LogP contribution in [0.3, 0.4) is 0 Å². The molecule has 0 unspecified atom stereocenters. The molecule has 12 heavy (non-hydrogen) atoms. The Balaban J connectivity index is -0.0000000600. The van der Waals surface area contributed by atoms with E-state index in [0.717, 1.165) is 0 Å². The van der Waals surface area contributed by atoms with E-state index in [1.54, 1.807) is 0 Å². The zero-order valence-electron chi connectivity index (χ0n) is 6.99. The van der Waals surface area contributed by atoms with Gasteiger partial charge in [0.1, 0.15) is 0 Å². The van der Waals surface area contributed by atoms with Crippen molar-refractivity contribution in [3.05, 3.63) is 35.9 Å². The van der Waals surface area contributed by atoms with Crippen molar-refractivity contribution in [3.8, 4) is 0 Å². The van der Waals surface area contributed by atoms with Crippen LogP contribution in [0.5, 0.6) is 0 Å². The van der Waals surface area contributed by atoms with Crippen LogP contribution in [-0.2, 0) is 0 Å². The minimum atomic E-state index is 0. The number of alkyl halides is 1. The van der Waals surface area contributed by atoms with E-state index in [-0.39, 0.29) is 37.2 Å². The number of halogens is 4. The molecule has 1 aromatic rings. The number of aryl methyl sites for hydroxylation is 1. The van der Waals surface area contributed by atoms with E-state index in [0.29, 0.717) is 0 Å². The molecule has 0 spiro atoms. The first kappa shape index (κ1) is 22.8.